The number of nitrogens with one attached hydrogen (secondary N) is 1. The highest BCUT2D eigenvalue weighted by Crippen LogP contribution is 2.31. The predicted octanol–water partition coefficient (Wildman–Crippen LogP) is 3.48. The van der Waals surface area contributed by atoms with Gasteiger partial charge < -0.3 is 14.8 Å². The quantitative estimate of drug-likeness (QED) is 0.857. The summed E-state index contributed by atoms with van der Waals surface area (Å²) in [5, 5.41) is 2.79. The number of aldehydes is 1. The molecule has 1 aromatic rings. The summed E-state index contributed by atoms with van der Waals surface area (Å²) in [7, 11) is 0. The van der Waals surface area contributed by atoms with Crippen LogP contribution in [0.4, 0.5) is 4.79 Å². The zero-order valence-electron chi connectivity index (χ0n) is 12.8. The Balaban J connectivity index is 2.96. The molecule has 4 heteroatoms. The fourth-order valence-electron chi connectivity index (χ4n) is 1.84. The van der Waals surface area contributed by atoms with Crippen molar-refractivity contribution < 1.29 is 14.3 Å². The standard InChI is InChI=1S/C16H23NO3/c1-15(2,3)20-14(19)17-13(16(4,5)11-18)12-9-7-6-8-10-12/h6-11,13H,1-5H3,(H,17,19). The lowest BCUT2D eigenvalue weighted by Crippen LogP contribution is -2.41. The van der Waals surface area contributed by atoms with Gasteiger partial charge in [0.25, 0.3) is 0 Å². The van der Waals surface area contributed by atoms with Gasteiger partial charge in [-0.3, -0.25) is 0 Å². The van der Waals surface area contributed by atoms with Crippen LogP contribution in [0.15, 0.2) is 30.3 Å². The van der Waals surface area contributed by atoms with Crippen molar-refractivity contribution in [1.82, 2.24) is 5.32 Å². The zero-order chi connectivity index (χ0) is 15.4. The Morgan fingerprint density at radius 3 is 2.15 bits per heavy atom. The first kappa shape index (κ1) is 16.2. The molecule has 110 valence electrons. The third-order valence-electron chi connectivity index (χ3n) is 2.84. The fourth-order valence-corrected chi connectivity index (χ4v) is 1.84. The van der Waals surface area contributed by atoms with Crippen molar-refractivity contribution in [3.63, 3.8) is 0 Å². The van der Waals surface area contributed by atoms with Crippen LogP contribution in [0.25, 0.3) is 0 Å². The van der Waals surface area contributed by atoms with Gasteiger partial charge in [0.15, 0.2) is 0 Å². The summed E-state index contributed by atoms with van der Waals surface area (Å²) in [6, 6.07) is 8.97. The van der Waals surface area contributed by atoms with Crippen LogP contribution in [0.3, 0.4) is 0 Å². The minimum atomic E-state index is -0.724. The van der Waals surface area contributed by atoms with Gasteiger partial charge in [-0.1, -0.05) is 44.2 Å². The molecule has 4 nitrogen and oxygen atoms in total. The predicted molar refractivity (Wildman–Crippen MR) is 78.4 cm³/mol. The number of carbonyl (C=O) groups excluding carboxylic acids is 2. The van der Waals surface area contributed by atoms with E-state index in [4.69, 9.17) is 4.74 Å². The molecule has 1 unspecified atom stereocenters. The maximum atomic E-state index is 12.0. The molecule has 0 bridgehead atoms. The van der Waals surface area contributed by atoms with Crippen molar-refractivity contribution in [3.8, 4) is 0 Å². The second-order valence-electron chi connectivity index (χ2n) is 6.43. The largest absolute Gasteiger partial charge is 0.444 e. The molecule has 0 fully saturated rings. The van der Waals surface area contributed by atoms with Crippen molar-refractivity contribution >= 4 is 12.4 Å². The molecule has 1 rings (SSSR count). The van der Waals surface area contributed by atoms with E-state index in [0.717, 1.165) is 11.8 Å². The van der Waals surface area contributed by atoms with Gasteiger partial charge in [-0.05, 0) is 26.3 Å². The molecule has 1 N–H and O–H groups in total. The number of ether oxygens (including phenoxy) is 1. The molecule has 0 saturated carbocycles. The molecule has 0 saturated heterocycles. The Hall–Kier alpha value is -1.84. The van der Waals surface area contributed by atoms with Crippen LogP contribution in [0.1, 0.15) is 46.2 Å². The molecule has 0 aliphatic heterocycles. The number of hydrogen-bond acceptors (Lipinski definition) is 3. The van der Waals surface area contributed by atoms with Crippen molar-refractivity contribution in [2.45, 2.75) is 46.3 Å². The van der Waals surface area contributed by atoms with Crippen LogP contribution in [0.5, 0.6) is 0 Å². The summed E-state index contributed by atoms with van der Waals surface area (Å²) in [5.41, 5.74) is -0.426. The normalized spacial score (nSPS) is 13.4. The summed E-state index contributed by atoms with van der Waals surface area (Å²) < 4.78 is 5.26. The first-order valence-corrected chi connectivity index (χ1v) is 6.66. The number of amides is 1. The minimum Gasteiger partial charge on any atom is -0.444 e. The summed E-state index contributed by atoms with van der Waals surface area (Å²) in [5.74, 6) is 0. The SMILES string of the molecule is CC(C)(C)OC(=O)NC(c1ccccc1)C(C)(C)C=O. The van der Waals surface area contributed by atoms with Gasteiger partial charge in [-0.25, -0.2) is 4.79 Å². The van der Waals surface area contributed by atoms with Crippen molar-refractivity contribution in [3.05, 3.63) is 35.9 Å². The Labute approximate surface area is 120 Å². The Bertz CT molecular complexity index is 460. The average Bonchev–Trinajstić information content (AvgIpc) is 2.35. The van der Waals surface area contributed by atoms with Crippen LogP contribution in [-0.2, 0) is 9.53 Å². The highest BCUT2D eigenvalue weighted by atomic mass is 16.6. The maximum Gasteiger partial charge on any atom is 0.408 e. The molecule has 1 amide bonds. The number of carbonyl (C=O) groups is 2. The van der Waals surface area contributed by atoms with Crippen molar-refractivity contribution in [2.75, 3.05) is 0 Å². The molecule has 0 aliphatic rings. The molecular weight excluding hydrogens is 254 g/mol. The van der Waals surface area contributed by atoms with E-state index in [9.17, 15) is 9.59 Å². The smallest absolute Gasteiger partial charge is 0.408 e. The molecule has 0 heterocycles. The molecule has 20 heavy (non-hydrogen) atoms. The molecule has 0 spiro atoms. The second-order valence-corrected chi connectivity index (χ2v) is 6.43. The van der Waals surface area contributed by atoms with Gasteiger partial charge in [-0.2, -0.15) is 0 Å². The zero-order valence-corrected chi connectivity index (χ0v) is 12.8. The lowest BCUT2D eigenvalue weighted by Gasteiger charge is -2.31. The second kappa shape index (κ2) is 6.07. The van der Waals surface area contributed by atoms with Crippen LogP contribution in [-0.4, -0.2) is 18.0 Å². The highest BCUT2D eigenvalue weighted by Gasteiger charge is 2.33. The van der Waals surface area contributed by atoms with E-state index >= 15 is 0 Å². The van der Waals surface area contributed by atoms with Gasteiger partial charge >= 0.3 is 6.09 Å². The van der Waals surface area contributed by atoms with Gasteiger partial charge in [0, 0.05) is 5.41 Å². The first-order valence-electron chi connectivity index (χ1n) is 6.66. The first-order chi connectivity index (χ1) is 9.15. The van der Waals surface area contributed by atoms with Gasteiger partial charge in [0.2, 0.25) is 0 Å². The minimum absolute atomic E-state index is 0.434. The van der Waals surface area contributed by atoms with Crippen molar-refractivity contribution in [1.29, 1.82) is 0 Å². The monoisotopic (exact) mass is 277 g/mol. The van der Waals surface area contributed by atoms with Crippen LogP contribution >= 0.6 is 0 Å². The van der Waals surface area contributed by atoms with E-state index in [0.29, 0.717) is 0 Å². The van der Waals surface area contributed by atoms with Crippen LogP contribution < -0.4 is 5.32 Å². The topological polar surface area (TPSA) is 55.4 Å². The van der Waals surface area contributed by atoms with Gasteiger partial charge in [-0.15, -0.1) is 0 Å². The molecule has 1 aromatic carbocycles. The van der Waals surface area contributed by atoms with Crippen LogP contribution in [0.2, 0.25) is 0 Å². The van der Waals surface area contributed by atoms with Crippen molar-refractivity contribution in [2.24, 2.45) is 5.41 Å². The summed E-state index contributed by atoms with van der Waals surface area (Å²) in [6.07, 6.45) is 0.323. The molecule has 0 aromatic heterocycles. The third kappa shape index (κ3) is 4.68. The summed E-state index contributed by atoms with van der Waals surface area (Å²) >= 11 is 0. The Morgan fingerprint density at radius 1 is 1.15 bits per heavy atom. The van der Waals surface area contributed by atoms with Gasteiger partial charge in [0.1, 0.15) is 11.9 Å². The highest BCUT2D eigenvalue weighted by molar-refractivity contribution is 5.70. The Kier molecular flexibility index (Phi) is 4.93. The molecular formula is C16H23NO3. The van der Waals surface area contributed by atoms with E-state index in [1.807, 2.05) is 30.3 Å². The summed E-state index contributed by atoms with van der Waals surface area (Å²) in [4.78, 5) is 23.3. The van der Waals surface area contributed by atoms with E-state index < -0.39 is 23.2 Å². The van der Waals surface area contributed by atoms with E-state index in [1.165, 1.54) is 0 Å². The van der Waals surface area contributed by atoms with E-state index in [2.05, 4.69) is 5.32 Å². The fraction of sp³-hybridized carbons (Fsp3) is 0.500. The molecule has 0 radical (unpaired) electrons. The number of alkyl carbamates (subject to hydrolysis) is 1. The third-order valence-corrected chi connectivity index (χ3v) is 2.84. The number of hydrogen-bond donors (Lipinski definition) is 1. The van der Waals surface area contributed by atoms with Gasteiger partial charge in [0.05, 0.1) is 6.04 Å². The van der Waals surface area contributed by atoms with E-state index in [-0.39, 0.29) is 0 Å². The number of benzene rings is 1. The molecule has 0 aliphatic carbocycles. The van der Waals surface area contributed by atoms with Crippen LogP contribution in [0, 0.1) is 5.41 Å². The average molecular weight is 277 g/mol. The number of rotatable bonds is 4. The van der Waals surface area contributed by atoms with E-state index in [1.54, 1.807) is 34.6 Å². The molecule has 1 atom stereocenters. The maximum absolute atomic E-state index is 12.0. The summed E-state index contributed by atoms with van der Waals surface area (Å²) in [6.45, 7) is 8.98. The lowest BCUT2D eigenvalue weighted by molar-refractivity contribution is -0.116. The lowest BCUT2D eigenvalue weighted by atomic mass is 9.82. The Morgan fingerprint density at radius 2 is 1.70 bits per heavy atom.